The summed E-state index contributed by atoms with van der Waals surface area (Å²) < 4.78 is 5.41. The van der Waals surface area contributed by atoms with Crippen molar-refractivity contribution in [3.8, 4) is 5.75 Å². The molecule has 0 atom stereocenters. The van der Waals surface area contributed by atoms with Crippen LogP contribution >= 0.6 is 0 Å². The van der Waals surface area contributed by atoms with Crippen molar-refractivity contribution in [3.63, 3.8) is 0 Å². The molecule has 0 heterocycles. The molecular formula is C23H29NO2. The number of carbonyl (C=O) groups excluding carboxylic acids is 1. The van der Waals surface area contributed by atoms with Gasteiger partial charge in [0, 0.05) is 5.69 Å². The highest BCUT2D eigenvalue weighted by atomic mass is 16.6. The summed E-state index contributed by atoms with van der Waals surface area (Å²) in [7, 11) is 0. The second-order valence-corrected chi connectivity index (χ2v) is 7.22. The van der Waals surface area contributed by atoms with E-state index >= 15 is 0 Å². The molecule has 26 heavy (non-hydrogen) atoms. The van der Waals surface area contributed by atoms with E-state index in [1.165, 1.54) is 56.1 Å². The molecule has 1 N–H and O–H groups in total. The van der Waals surface area contributed by atoms with E-state index in [1.54, 1.807) is 0 Å². The van der Waals surface area contributed by atoms with Crippen molar-refractivity contribution in [2.75, 3.05) is 5.32 Å². The van der Waals surface area contributed by atoms with Crippen LogP contribution in [0.4, 0.5) is 10.5 Å². The topological polar surface area (TPSA) is 38.3 Å². The Morgan fingerprint density at radius 2 is 1.69 bits per heavy atom. The summed E-state index contributed by atoms with van der Waals surface area (Å²) in [5.41, 5.74) is 3.42. The number of hydrogen-bond acceptors (Lipinski definition) is 2. The fourth-order valence-electron chi connectivity index (χ4n) is 3.63. The SMILES string of the molecule is CCCCc1ccc(NC(=O)Oc2ccc(C3CCCCC3)cc2)cc1. The number of nitrogens with one attached hydrogen (secondary N) is 1. The molecule has 0 bridgehead atoms. The van der Waals surface area contributed by atoms with Crippen LogP contribution in [0.5, 0.6) is 5.75 Å². The number of amides is 1. The number of anilines is 1. The molecule has 3 nitrogen and oxygen atoms in total. The Hall–Kier alpha value is -2.29. The fourth-order valence-corrected chi connectivity index (χ4v) is 3.63. The van der Waals surface area contributed by atoms with Crippen LogP contribution in [0, 0.1) is 0 Å². The average Bonchev–Trinajstić information content (AvgIpc) is 2.69. The predicted molar refractivity (Wildman–Crippen MR) is 107 cm³/mol. The summed E-state index contributed by atoms with van der Waals surface area (Å²) in [5, 5.41) is 2.79. The van der Waals surface area contributed by atoms with Crippen LogP contribution < -0.4 is 10.1 Å². The van der Waals surface area contributed by atoms with Gasteiger partial charge in [0.15, 0.2) is 0 Å². The monoisotopic (exact) mass is 351 g/mol. The summed E-state index contributed by atoms with van der Waals surface area (Å²) in [6.07, 6.45) is 9.55. The standard InChI is InChI=1S/C23H29NO2/c1-2-3-7-18-10-14-21(15-11-18)24-23(25)26-22-16-12-20(13-17-22)19-8-5-4-6-9-19/h10-17,19H,2-9H2,1H3,(H,24,25). The van der Waals surface area contributed by atoms with Crippen molar-refractivity contribution in [2.24, 2.45) is 0 Å². The van der Waals surface area contributed by atoms with Crippen molar-refractivity contribution >= 4 is 11.8 Å². The maximum absolute atomic E-state index is 12.1. The molecule has 1 saturated carbocycles. The van der Waals surface area contributed by atoms with Crippen LogP contribution in [-0.2, 0) is 6.42 Å². The van der Waals surface area contributed by atoms with Crippen molar-refractivity contribution in [1.29, 1.82) is 0 Å². The molecule has 2 aromatic carbocycles. The van der Waals surface area contributed by atoms with Gasteiger partial charge in [-0.05, 0) is 67.0 Å². The molecule has 0 spiro atoms. The average molecular weight is 351 g/mol. The summed E-state index contributed by atoms with van der Waals surface area (Å²) in [4.78, 5) is 12.1. The van der Waals surface area contributed by atoms with Gasteiger partial charge in [0.1, 0.15) is 5.75 Å². The third kappa shape index (κ3) is 5.35. The normalized spacial score (nSPS) is 14.8. The van der Waals surface area contributed by atoms with Gasteiger partial charge in [0.25, 0.3) is 0 Å². The van der Waals surface area contributed by atoms with Gasteiger partial charge in [-0.1, -0.05) is 56.9 Å². The molecule has 1 aliphatic rings. The van der Waals surface area contributed by atoms with Gasteiger partial charge in [-0.15, -0.1) is 0 Å². The van der Waals surface area contributed by atoms with E-state index in [1.807, 2.05) is 24.3 Å². The Morgan fingerprint density at radius 1 is 1.00 bits per heavy atom. The first-order valence-corrected chi connectivity index (χ1v) is 9.92. The molecular weight excluding hydrogens is 322 g/mol. The van der Waals surface area contributed by atoms with E-state index < -0.39 is 6.09 Å². The largest absolute Gasteiger partial charge is 0.417 e. The molecule has 0 aromatic heterocycles. The lowest BCUT2D eigenvalue weighted by Gasteiger charge is -2.22. The van der Waals surface area contributed by atoms with Crippen molar-refractivity contribution in [3.05, 3.63) is 59.7 Å². The van der Waals surface area contributed by atoms with E-state index in [4.69, 9.17) is 4.74 Å². The molecule has 3 rings (SSSR count). The summed E-state index contributed by atoms with van der Waals surface area (Å²) in [5.74, 6) is 1.25. The van der Waals surface area contributed by atoms with E-state index in [2.05, 4.69) is 36.5 Å². The van der Waals surface area contributed by atoms with Crippen molar-refractivity contribution in [2.45, 2.75) is 64.2 Å². The van der Waals surface area contributed by atoms with E-state index in [0.717, 1.165) is 12.1 Å². The number of ether oxygens (including phenoxy) is 1. The van der Waals surface area contributed by atoms with Gasteiger partial charge in [0.05, 0.1) is 0 Å². The van der Waals surface area contributed by atoms with Gasteiger partial charge >= 0.3 is 6.09 Å². The second kappa shape index (κ2) is 9.42. The van der Waals surface area contributed by atoms with Crippen LogP contribution in [0.15, 0.2) is 48.5 Å². The fraction of sp³-hybridized carbons (Fsp3) is 0.435. The highest BCUT2D eigenvalue weighted by molar-refractivity contribution is 5.86. The van der Waals surface area contributed by atoms with Gasteiger partial charge < -0.3 is 4.74 Å². The number of hydrogen-bond donors (Lipinski definition) is 1. The molecule has 1 fully saturated rings. The van der Waals surface area contributed by atoms with Crippen molar-refractivity contribution < 1.29 is 9.53 Å². The Labute approximate surface area is 156 Å². The van der Waals surface area contributed by atoms with Gasteiger partial charge in [-0.3, -0.25) is 5.32 Å². The number of benzene rings is 2. The Kier molecular flexibility index (Phi) is 6.70. The minimum Gasteiger partial charge on any atom is -0.410 e. The zero-order valence-electron chi connectivity index (χ0n) is 15.7. The molecule has 2 aromatic rings. The maximum Gasteiger partial charge on any atom is 0.417 e. The van der Waals surface area contributed by atoms with Crippen LogP contribution in [-0.4, -0.2) is 6.09 Å². The number of rotatable bonds is 6. The minimum atomic E-state index is -0.447. The second-order valence-electron chi connectivity index (χ2n) is 7.22. The highest BCUT2D eigenvalue weighted by Gasteiger charge is 2.15. The molecule has 0 saturated heterocycles. The predicted octanol–water partition coefficient (Wildman–Crippen LogP) is 6.69. The Morgan fingerprint density at radius 3 is 2.35 bits per heavy atom. The van der Waals surface area contributed by atoms with E-state index in [-0.39, 0.29) is 0 Å². The third-order valence-corrected chi connectivity index (χ3v) is 5.19. The van der Waals surface area contributed by atoms with Crippen LogP contribution in [0.3, 0.4) is 0 Å². The van der Waals surface area contributed by atoms with Crippen LogP contribution in [0.2, 0.25) is 0 Å². The first kappa shape index (κ1) is 18.5. The third-order valence-electron chi connectivity index (χ3n) is 5.19. The minimum absolute atomic E-state index is 0.447. The summed E-state index contributed by atoms with van der Waals surface area (Å²) in [6, 6.07) is 16.0. The lowest BCUT2D eigenvalue weighted by Crippen LogP contribution is -2.16. The van der Waals surface area contributed by atoms with E-state index in [9.17, 15) is 4.79 Å². The maximum atomic E-state index is 12.1. The first-order chi connectivity index (χ1) is 12.7. The quantitative estimate of drug-likeness (QED) is 0.630. The lowest BCUT2D eigenvalue weighted by molar-refractivity contribution is 0.215. The lowest BCUT2D eigenvalue weighted by atomic mass is 9.84. The highest BCUT2D eigenvalue weighted by Crippen LogP contribution is 2.33. The van der Waals surface area contributed by atoms with E-state index in [0.29, 0.717) is 11.7 Å². The first-order valence-electron chi connectivity index (χ1n) is 9.92. The van der Waals surface area contributed by atoms with Crippen LogP contribution in [0.25, 0.3) is 0 Å². The van der Waals surface area contributed by atoms with Crippen LogP contribution in [0.1, 0.15) is 68.9 Å². The molecule has 1 aliphatic carbocycles. The number of aryl methyl sites for hydroxylation is 1. The summed E-state index contributed by atoms with van der Waals surface area (Å²) >= 11 is 0. The number of carbonyl (C=O) groups is 1. The summed E-state index contributed by atoms with van der Waals surface area (Å²) in [6.45, 7) is 2.19. The molecule has 0 radical (unpaired) electrons. The Balaban J connectivity index is 1.51. The molecule has 0 aliphatic heterocycles. The molecule has 138 valence electrons. The number of unbranched alkanes of at least 4 members (excludes halogenated alkanes) is 1. The molecule has 3 heteroatoms. The van der Waals surface area contributed by atoms with Gasteiger partial charge in [-0.25, -0.2) is 4.79 Å². The van der Waals surface area contributed by atoms with Gasteiger partial charge in [-0.2, -0.15) is 0 Å². The molecule has 1 amide bonds. The van der Waals surface area contributed by atoms with Gasteiger partial charge in [0.2, 0.25) is 0 Å². The molecule has 0 unspecified atom stereocenters. The Bertz CT molecular complexity index is 685. The zero-order valence-corrected chi connectivity index (χ0v) is 15.7. The smallest absolute Gasteiger partial charge is 0.410 e. The zero-order chi connectivity index (χ0) is 18.2. The van der Waals surface area contributed by atoms with Crippen molar-refractivity contribution in [1.82, 2.24) is 0 Å².